The molecule has 0 radical (unpaired) electrons. The topological polar surface area (TPSA) is 542 Å². The molecule has 113 heavy (non-hydrogen) atoms. The predicted octanol–water partition coefficient (Wildman–Crippen LogP) is -0.616. The Labute approximate surface area is 664 Å². The Morgan fingerprint density at radius 2 is 0.708 bits per heavy atom. The van der Waals surface area contributed by atoms with E-state index in [1.165, 1.54) is 129 Å². The molecule has 0 bridgehead atoms. The molecule has 6 saturated heterocycles. The van der Waals surface area contributed by atoms with Gasteiger partial charge in [-0.15, -0.1) is 0 Å². The van der Waals surface area contributed by atoms with E-state index in [2.05, 4.69) is 29.8 Å². The summed E-state index contributed by atoms with van der Waals surface area (Å²) in [6.07, 6.45) is -16.7. The molecule has 0 aliphatic carbocycles. The van der Waals surface area contributed by atoms with Crippen molar-refractivity contribution in [3.8, 4) is 0 Å². The first-order valence-corrected chi connectivity index (χ1v) is 41.8. The number of hydrogen-bond donors (Lipinski definition) is 20. The Morgan fingerprint density at radius 3 is 1.15 bits per heavy atom. The van der Waals surface area contributed by atoms with Gasteiger partial charge in [-0.3, -0.25) is 14.4 Å². The molecule has 0 aromatic carbocycles. The van der Waals surface area contributed by atoms with Crippen molar-refractivity contribution in [2.45, 2.75) is 424 Å². The van der Waals surface area contributed by atoms with Gasteiger partial charge in [-0.25, -0.2) is 0 Å². The van der Waals surface area contributed by atoms with Gasteiger partial charge >= 0.3 is 0 Å². The van der Waals surface area contributed by atoms with Crippen molar-refractivity contribution in [1.29, 1.82) is 0 Å². The molecule has 32 atom stereocenters. The SMILES string of the molecule is CCCCCCCCCCCCC/C=C/[C@@H](O)[C@H](CO[C@@H]1OC(CO)[C@@H](O[C@@H]2OC(CO)[C@H](O)[C@H](O[C@@H]3OC(CO)[C@@H](O)[C@H](O[C@@H]4OC(CO)[C@H](O)[C@H](O[C@@H]5OC(CO)[C@@H](O[C@H]6OC(C)[C@@H](O)C(O)[C@@H]6O)[C@H](O)C5NC(C)=O)C4O)C3NC(C)=O)C2O)[C@H](O)C1O)NC(=O)CCCCCCCCCCCCCCCCCCC. The third kappa shape index (κ3) is 30.6. The van der Waals surface area contributed by atoms with Crippen LogP contribution in [0, 0.1) is 0 Å². The van der Waals surface area contributed by atoms with Crippen LogP contribution in [0.25, 0.3) is 0 Å². The minimum atomic E-state index is -2.26. The Morgan fingerprint density at radius 1 is 0.363 bits per heavy atom. The number of carbonyl (C=O) groups excluding carboxylic acids is 3. The fourth-order valence-corrected chi connectivity index (χ4v) is 15.4. The number of hydrogen-bond acceptors (Lipinski definition) is 32. The van der Waals surface area contributed by atoms with E-state index in [1.54, 1.807) is 6.08 Å². The van der Waals surface area contributed by atoms with E-state index in [0.717, 1.165) is 65.2 Å². The van der Waals surface area contributed by atoms with Crippen molar-refractivity contribution in [2.75, 3.05) is 39.6 Å². The predicted molar refractivity (Wildman–Crippen MR) is 402 cm³/mol. The van der Waals surface area contributed by atoms with E-state index in [0.29, 0.717) is 12.8 Å². The van der Waals surface area contributed by atoms with Crippen molar-refractivity contribution < 1.29 is 158 Å². The maximum atomic E-state index is 13.6. The summed E-state index contributed by atoms with van der Waals surface area (Å²) in [5.41, 5.74) is 0. The number of rotatable bonds is 53. The van der Waals surface area contributed by atoms with Gasteiger partial charge in [0.2, 0.25) is 17.7 Å². The van der Waals surface area contributed by atoms with Crippen LogP contribution in [-0.4, -0.2) is 340 Å². The molecule has 35 nitrogen and oxygen atoms in total. The monoisotopic (exact) mass is 1630 g/mol. The number of allylic oxidation sites excluding steroid dienone is 1. The van der Waals surface area contributed by atoms with Gasteiger partial charge in [-0.1, -0.05) is 193 Å². The molecule has 6 fully saturated rings. The number of nitrogens with one attached hydrogen (secondary N) is 3. The van der Waals surface area contributed by atoms with Gasteiger partial charge in [-0.2, -0.15) is 0 Å². The summed E-state index contributed by atoms with van der Waals surface area (Å²) in [5, 5.41) is 198. The number of aliphatic hydroxyl groups is 17. The van der Waals surface area contributed by atoms with Crippen LogP contribution < -0.4 is 16.0 Å². The molecule has 6 aliphatic heterocycles. The maximum Gasteiger partial charge on any atom is 0.220 e. The molecule has 6 aliphatic rings. The van der Waals surface area contributed by atoms with Crippen molar-refractivity contribution >= 4 is 17.7 Å². The second kappa shape index (κ2) is 52.9. The zero-order valence-electron chi connectivity index (χ0n) is 66.8. The van der Waals surface area contributed by atoms with Crippen LogP contribution in [0.2, 0.25) is 0 Å². The standard InChI is InChI=1S/C78H141N3O32/c1-6-8-10-12-14-16-18-20-21-22-23-25-27-29-31-33-35-37-54(90)81-47(48(89)36-34-32-30-28-26-24-19-17-15-13-11-9-7-2)43-102-75-65(99)63(97)69(53(42-86)108-75)110-77-66(100)72(60(94)50(39-83)105-77)113-74-56(80-46(5)88)70(58(92)49(38-82)104-74)111-78-67(101)71(59(93)51(40-84)106-78)112-73-55(79-45(4)87)61(95)68(52(41-85)107-73)109-76-64(98)62(96)57(91)44(3)103-76/h34,36,44,47-53,55-78,82-86,89,91-101H,6-33,35,37-43H2,1-5H3,(H,79,87)(H,80,88)(H,81,90)/b36-34+/t44?,47-,48+,49?,50?,51?,52?,53?,55?,56?,57+,58+,59-,60-,61+,62?,63+,64-,65?,66?,67?,68+,69+,70+,71-,72-,73-,74-,75+,76+,77-,78-/m0/s1. The van der Waals surface area contributed by atoms with Crippen molar-refractivity contribution in [1.82, 2.24) is 16.0 Å². The summed E-state index contributed by atoms with van der Waals surface area (Å²) in [5.74, 6) is -2.03. The molecule has 0 aromatic heterocycles. The van der Waals surface area contributed by atoms with Crippen LogP contribution in [-0.2, 0) is 71.2 Å². The largest absolute Gasteiger partial charge is 0.394 e. The van der Waals surface area contributed by atoms with Gasteiger partial charge in [0.25, 0.3) is 0 Å². The van der Waals surface area contributed by atoms with Crippen molar-refractivity contribution in [2.24, 2.45) is 0 Å². The molecular weight excluding hydrogens is 1490 g/mol. The third-order valence-corrected chi connectivity index (χ3v) is 22.2. The lowest BCUT2D eigenvalue weighted by atomic mass is 9.93. The van der Waals surface area contributed by atoms with Crippen molar-refractivity contribution in [3.63, 3.8) is 0 Å². The van der Waals surface area contributed by atoms with E-state index in [-0.39, 0.29) is 12.3 Å². The Balaban J connectivity index is 1.10. The number of carbonyl (C=O) groups is 3. The van der Waals surface area contributed by atoms with Gasteiger partial charge in [0.05, 0.1) is 57.9 Å². The van der Waals surface area contributed by atoms with Gasteiger partial charge < -0.3 is 160 Å². The summed E-state index contributed by atoms with van der Waals surface area (Å²) in [6, 6.07) is -4.64. The molecule has 6 rings (SSSR count). The molecule has 12 unspecified atom stereocenters. The molecule has 0 aromatic rings. The Kier molecular flexibility index (Phi) is 46.3. The van der Waals surface area contributed by atoms with Gasteiger partial charge in [-0.05, 0) is 26.2 Å². The molecule has 0 spiro atoms. The van der Waals surface area contributed by atoms with E-state index in [1.807, 2.05) is 6.08 Å². The number of ether oxygens (including phenoxy) is 12. The summed E-state index contributed by atoms with van der Waals surface area (Å²) in [4.78, 5) is 39.4. The maximum absolute atomic E-state index is 13.6. The molecule has 0 saturated carbocycles. The quantitative estimate of drug-likeness (QED) is 0.0267. The smallest absolute Gasteiger partial charge is 0.220 e. The lowest BCUT2D eigenvalue weighted by Gasteiger charge is -2.51. The molecule has 35 heteroatoms. The summed E-state index contributed by atoms with van der Waals surface area (Å²) in [6.45, 7) is 2.38. The number of aliphatic hydroxyl groups excluding tert-OH is 17. The molecule has 6 heterocycles. The van der Waals surface area contributed by atoms with Gasteiger partial charge in [0.15, 0.2) is 37.7 Å². The van der Waals surface area contributed by atoms with E-state index < -0.39 is 248 Å². The van der Waals surface area contributed by atoms with Crippen LogP contribution in [0.3, 0.4) is 0 Å². The van der Waals surface area contributed by atoms with Crippen molar-refractivity contribution in [3.05, 3.63) is 12.2 Å². The molecule has 20 N–H and O–H groups in total. The van der Waals surface area contributed by atoms with Gasteiger partial charge in [0.1, 0.15) is 140 Å². The molecule has 3 amide bonds. The second-order valence-corrected chi connectivity index (χ2v) is 31.3. The minimum absolute atomic E-state index is 0.175. The first kappa shape index (κ1) is 98.8. The average Bonchev–Trinajstić information content (AvgIpc) is 0.770. The fourth-order valence-electron chi connectivity index (χ4n) is 15.4. The normalized spacial score (nSPS) is 37.0. The van der Waals surface area contributed by atoms with Crippen LogP contribution in [0.15, 0.2) is 12.2 Å². The summed E-state index contributed by atoms with van der Waals surface area (Å²) >= 11 is 0. The zero-order valence-corrected chi connectivity index (χ0v) is 66.8. The average molecular weight is 1630 g/mol. The zero-order chi connectivity index (χ0) is 82.7. The van der Waals surface area contributed by atoms with Crippen LogP contribution in [0.5, 0.6) is 0 Å². The second-order valence-electron chi connectivity index (χ2n) is 31.3. The minimum Gasteiger partial charge on any atom is -0.394 e. The van der Waals surface area contributed by atoms with E-state index in [9.17, 15) is 101 Å². The first-order valence-electron chi connectivity index (χ1n) is 41.8. The lowest BCUT2D eigenvalue weighted by molar-refractivity contribution is -0.386. The number of amides is 3. The highest BCUT2D eigenvalue weighted by molar-refractivity contribution is 5.76. The number of unbranched alkanes of at least 4 members (excludes halogenated alkanes) is 27. The third-order valence-electron chi connectivity index (χ3n) is 22.2. The molecule has 660 valence electrons. The van der Waals surface area contributed by atoms with Crippen LogP contribution in [0.1, 0.15) is 227 Å². The highest BCUT2D eigenvalue weighted by Crippen LogP contribution is 2.38. The summed E-state index contributed by atoms with van der Waals surface area (Å²) in [7, 11) is 0. The van der Waals surface area contributed by atoms with E-state index in [4.69, 9.17) is 56.8 Å². The van der Waals surface area contributed by atoms with E-state index >= 15 is 0 Å². The lowest BCUT2D eigenvalue weighted by Crippen LogP contribution is -2.71. The first-order chi connectivity index (χ1) is 54.3. The van der Waals surface area contributed by atoms with Crippen LogP contribution >= 0.6 is 0 Å². The molecular formula is C78H141N3O32. The highest BCUT2D eigenvalue weighted by Gasteiger charge is 2.59. The van der Waals surface area contributed by atoms with Crippen LogP contribution in [0.4, 0.5) is 0 Å². The Bertz CT molecular complexity index is 2620. The Hall–Kier alpha value is -3.01. The summed E-state index contributed by atoms with van der Waals surface area (Å²) < 4.78 is 71.3. The van der Waals surface area contributed by atoms with Gasteiger partial charge in [0, 0.05) is 20.3 Å². The fraction of sp³-hybridized carbons (Fsp3) is 0.936. The highest BCUT2D eigenvalue weighted by atomic mass is 16.8.